The second kappa shape index (κ2) is 7.37. The van der Waals surface area contributed by atoms with E-state index < -0.39 is 32.5 Å². The summed E-state index contributed by atoms with van der Waals surface area (Å²) in [4.78, 5) is 10.9. The van der Waals surface area contributed by atoms with Gasteiger partial charge in [0.1, 0.15) is 11.6 Å². The fourth-order valence-corrected chi connectivity index (χ4v) is 3.46. The lowest BCUT2D eigenvalue weighted by Gasteiger charge is -2.13. The molecule has 0 aliphatic carbocycles. The molecule has 0 radical (unpaired) electrons. The molecule has 0 aliphatic heterocycles. The summed E-state index contributed by atoms with van der Waals surface area (Å²) >= 11 is 5.93. The van der Waals surface area contributed by atoms with E-state index in [0.29, 0.717) is 0 Å². The Hall–Kier alpha value is -2.19. The van der Waals surface area contributed by atoms with Crippen molar-refractivity contribution >= 4 is 33.2 Å². The van der Waals surface area contributed by atoms with Crippen LogP contribution in [0.15, 0.2) is 41.3 Å². The molecule has 1 amide bonds. The number of sulfonamides is 1. The number of hydrogen-bond donors (Lipinski definition) is 2. The summed E-state index contributed by atoms with van der Waals surface area (Å²) in [5, 5.41) is 2.61. The predicted molar refractivity (Wildman–Crippen MR) is 91.2 cm³/mol. The van der Waals surface area contributed by atoms with E-state index in [1.54, 1.807) is 13.8 Å². The van der Waals surface area contributed by atoms with Crippen molar-refractivity contribution in [1.29, 1.82) is 0 Å². The van der Waals surface area contributed by atoms with E-state index in [2.05, 4.69) is 5.32 Å². The number of benzene rings is 2. The second-order valence-electron chi connectivity index (χ2n) is 5.48. The standard InChI is InChI=1S/C16H15ClF2N2O3S/c1-9(2)20-16(22)10-6-7-11(17)14(8-10)21-25(23,24)15-12(18)4-3-5-13(15)19/h3-9,21H,1-2H3,(H,20,22). The van der Waals surface area contributed by atoms with Crippen molar-refractivity contribution in [2.75, 3.05) is 4.72 Å². The largest absolute Gasteiger partial charge is 0.350 e. The third kappa shape index (κ3) is 4.46. The van der Waals surface area contributed by atoms with Gasteiger partial charge in [-0.1, -0.05) is 17.7 Å². The van der Waals surface area contributed by atoms with Crippen LogP contribution in [0.3, 0.4) is 0 Å². The lowest BCUT2D eigenvalue weighted by Crippen LogP contribution is -2.30. The molecule has 0 bridgehead atoms. The predicted octanol–water partition coefficient (Wildman–Crippen LogP) is 3.56. The molecule has 0 fully saturated rings. The maximum absolute atomic E-state index is 13.7. The number of carbonyl (C=O) groups is 1. The molecule has 0 heterocycles. The minimum absolute atomic E-state index is 0.0265. The van der Waals surface area contributed by atoms with Gasteiger partial charge in [-0.05, 0) is 44.2 Å². The molecule has 0 unspecified atom stereocenters. The zero-order valence-corrected chi connectivity index (χ0v) is 14.9. The Morgan fingerprint density at radius 1 is 1.12 bits per heavy atom. The maximum Gasteiger partial charge on any atom is 0.267 e. The number of hydrogen-bond acceptors (Lipinski definition) is 3. The zero-order chi connectivity index (χ0) is 18.8. The Balaban J connectivity index is 2.41. The molecular weight excluding hydrogens is 374 g/mol. The molecule has 2 aromatic rings. The summed E-state index contributed by atoms with van der Waals surface area (Å²) < 4.78 is 54.1. The fourth-order valence-electron chi connectivity index (χ4n) is 2.03. The van der Waals surface area contributed by atoms with E-state index in [9.17, 15) is 22.0 Å². The number of amides is 1. The Morgan fingerprint density at radius 3 is 2.28 bits per heavy atom. The summed E-state index contributed by atoms with van der Waals surface area (Å²) in [5.41, 5.74) is -0.0227. The highest BCUT2D eigenvalue weighted by Crippen LogP contribution is 2.27. The van der Waals surface area contributed by atoms with Crippen LogP contribution in [0, 0.1) is 11.6 Å². The van der Waals surface area contributed by atoms with Gasteiger partial charge in [0.2, 0.25) is 0 Å². The number of rotatable bonds is 5. The molecule has 0 saturated heterocycles. The lowest BCUT2D eigenvalue weighted by atomic mass is 10.2. The SMILES string of the molecule is CC(C)NC(=O)c1ccc(Cl)c(NS(=O)(=O)c2c(F)cccc2F)c1. The average molecular weight is 389 g/mol. The Labute approximate surface area is 149 Å². The van der Waals surface area contributed by atoms with E-state index in [-0.39, 0.29) is 22.3 Å². The fraction of sp³-hybridized carbons (Fsp3) is 0.188. The molecule has 2 N–H and O–H groups in total. The number of anilines is 1. The van der Waals surface area contributed by atoms with Gasteiger partial charge >= 0.3 is 0 Å². The topological polar surface area (TPSA) is 75.3 Å². The Kier molecular flexibility index (Phi) is 5.64. The number of nitrogens with one attached hydrogen (secondary N) is 2. The van der Waals surface area contributed by atoms with Gasteiger partial charge in [-0.3, -0.25) is 9.52 Å². The van der Waals surface area contributed by atoms with Gasteiger partial charge in [0.05, 0.1) is 10.7 Å². The third-order valence-electron chi connectivity index (χ3n) is 3.08. The molecule has 0 aliphatic rings. The Bertz CT molecular complexity index is 897. The van der Waals surface area contributed by atoms with Crippen LogP contribution >= 0.6 is 11.6 Å². The minimum atomic E-state index is -4.58. The van der Waals surface area contributed by atoms with Crippen LogP contribution in [0.1, 0.15) is 24.2 Å². The van der Waals surface area contributed by atoms with E-state index in [0.717, 1.165) is 18.2 Å². The van der Waals surface area contributed by atoms with Gasteiger partial charge in [0.25, 0.3) is 15.9 Å². The van der Waals surface area contributed by atoms with Gasteiger partial charge in [0.15, 0.2) is 4.90 Å². The van der Waals surface area contributed by atoms with Gasteiger partial charge in [-0.25, -0.2) is 17.2 Å². The minimum Gasteiger partial charge on any atom is -0.350 e. The normalized spacial score (nSPS) is 11.4. The zero-order valence-electron chi connectivity index (χ0n) is 13.3. The molecule has 2 rings (SSSR count). The molecule has 5 nitrogen and oxygen atoms in total. The first-order valence-electron chi connectivity index (χ1n) is 7.19. The van der Waals surface area contributed by atoms with Gasteiger partial charge in [-0.2, -0.15) is 0 Å². The smallest absolute Gasteiger partial charge is 0.267 e. The summed E-state index contributed by atoms with van der Waals surface area (Å²) in [6.07, 6.45) is 0. The molecule has 0 saturated carbocycles. The van der Waals surface area contributed by atoms with Crippen molar-refractivity contribution in [1.82, 2.24) is 5.32 Å². The van der Waals surface area contributed by atoms with Crippen LogP contribution in [0.25, 0.3) is 0 Å². The first-order valence-corrected chi connectivity index (χ1v) is 9.05. The monoisotopic (exact) mass is 388 g/mol. The molecule has 0 spiro atoms. The highest BCUT2D eigenvalue weighted by Gasteiger charge is 2.25. The van der Waals surface area contributed by atoms with Gasteiger partial charge in [0, 0.05) is 11.6 Å². The van der Waals surface area contributed by atoms with Gasteiger partial charge < -0.3 is 5.32 Å². The summed E-state index contributed by atoms with van der Waals surface area (Å²) in [6.45, 7) is 3.52. The lowest BCUT2D eigenvalue weighted by molar-refractivity contribution is 0.0943. The van der Waals surface area contributed by atoms with Crippen LogP contribution in [0.4, 0.5) is 14.5 Å². The van der Waals surface area contributed by atoms with Crippen LogP contribution < -0.4 is 10.0 Å². The first kappa shape index (κ1) is 19.1. The molecular formula is C16H15ClF2N2O3S. The van der Waals surface area contributed by atoms with Crippen molar-refractivity contribution in [2.45, 2.75) is 24.8 Å². The molecule has 0 aromatic heterocycles. The van der Waals surface area contributed by atoms with Crippen LogP contribution in [-0.2, 0) is 10.0 Å². The van der Waals surface area contributed by atoms with Crippen LogP contribution in [0.2, 0.25) is 5.02 Å². The van der Waals surface area contributed by atoms with Crippen LogP contribution in [0.5, 0.6) is 0 Å². The average Bonchev–Trinajstić information content (AvgIpc) is 2.48. The summed E-state index contributed by atoms with van der Waals surface area (Å²) in [7, 11) is -4.58. The van der Waals surface area contributed by atoms with E-state index >= 15 is 0 Å². The summed E-state index contributed by atoms with van der Waals surface area (Å²) in [6, 6.07) is 6.48. The summed E-state index contributed by atoms with van der Waals surface area (Å²) in [5.74, 6) is -2.92. The highest BCUT2D eigenvalue weighted by molar-refractivity contribution is 7.92. The number of halogens is 3. The molecule has 134 valence electrons. The van der Waals surface area contributed by atoms with E-state index in [4.69, 9.17) is 11.6 Å². The highest BCUT2D eigenvalue weighted by atomic mass is 35.5. The van der Waals surface area contributed by atoms with Crippen molar-refractivity contribution in [3.63, 3.8) is 0 Å². The van der Waals surface area contributed by atoms with Crippen molar-refractivity contribution in [3.05, 3.63) is 58.6 Å². The third-order valence-corrected chi connectivity index (χ3v) is 4.83. The van der Waals surface area contributed by atoms with Gasteiger partial charge in [-0.15, -0.1) is 0 Å². The Morgan fingerprint density at radius 2 is 1.72 bits per heavy atom. The molecule has 25 heavy (non-hydrogen) atoms. The molecule has 0 atom stereocenters. The number of carbonyl (C=O) groups excluding carboxylic acids is 1. The van der Waals surface area contributed by atoms with Crippen molar-refractivity contribution in [2.24, 2.45) is 0 Å². The van der Waals surface area contributed by atoms with Crippen molar-refractivity contribution in [3.8, 4) is 0 Å². The van der Waals surface area contributed by atoms with E-state index in [1.807, 2.05) is 4.72 Å². The maximum atomic E-state index is 13.7. The second-order valence-corrected chi connectivity index (χ2v) is 7.51. The van der Waals surface area contributed by atoms with E-state index in [1.165, 1.54) is 18.2 Å². The molecule has 2 aromatic carbocycles. The molecule has 9 heteroatoms. The quantitative estimate of drug-likeness (QED) is 0.822. The first-order chi connectivity index (χ1) is 11.6. The van der Waals surface area contributed by atoms with Crippen LogP contribution in [-0.4, -0.2) is 20.4 Å². The van der Waals surface area contributed by atoms with Crippen molar-refractivity contribution < 1.29 is 22.0 Å².